The minimum absolute atomic E-state index is 0. The first-order valence-corrected chi connectivity index (χ1v) is 15.2. The summed E-state index contributed by atoms with van der Waals surface area (Å²) in [5.74, 6) is 0. The van der Waals surface area contributed by atoms with Crippen molar-refractivity contribution in [3.63, 3.8) is 0 Å². The van der Waals surface area contributed by atoms with Gasteiger partial charge in [-0.05, 0) is 0 Å². The zero-order valence-electron chi connectivity index (χ0n) is 2.33. The molecule has 0 saturated heterocycles. The van der Waals surface area contributed by atoms with E-state index < -0.39 is 11.9 Å². The summed E-state index contributed by atoms with van der Waals surface area (Å²) < 4.78 is 0. The Morgan fingerprint density at radius 3 is 0.833 bits per heavy atom. The Kier molecular flexibility index (Phi) is 7.45. The predicted molar refractivity (Wildman–Crippen MR) is 30.7 cm³/mol. The van der Waals surface area contributed by atoms with Gasteiger partial charge in [0.05, 0.1) is 0 Å². The van der Waals surface area contributed by atoms with E-state index in [1.54, 1.807) is 0 Å². The van der Waals surface area contributed by atoms with Crippen LogP contribution in [0.1, 0.15) is 0 Å². The van der Waals surface area contributed by atoms with Crippen molar-refractivity contribution in [2.45, 2.75) is 0 Å². The molecule has 0 nitrogen and oxygen atoms in total. The monoisotopic (exact) mass is 360 g/mol. The molecule has 0 unspecified atom stereocenters. The van der Waals surface area contributed by atoms with E-state index in [4.69, 9.17) is 37.7 Å². The molecule has 42 valence electrons. The number of hydrogen-bond acceptors (Lipinski definition) is 0. The van der Waals surface area contributed by atoms with Crippen LogP contribution in [-0.2, 0) is 11.9 Å². The molecule has 0 saturated carbocycles. The summed E-state index contributed by atoms with van der Waals surface area (Å²) in [5.41, 5.74) is 0. The van der Waals surface area contributed by atoms with E-state index in [1.165, 1.54) is 0 Å². The third-order valence-corrected chi connectivity index (χ3v) is 0. The average molecular weight is 362 g/mol. The first-order chi connectivity index (χ1) is 2.00. The van der Waals surface area contributed by atoms with Crippen LogP contribution in [0.5, 0.6) is 0 Å². The third-order valence-electron chi connectivity index (χ3n) is 0. The molecule has 6 heteroatoms. The van der Waals surface area contributed by atoms with Crippen molar-refractivity contribution < 1.29 is 11.9 Å². The molecule has 0 radical (unpaired) electrons. The maximum atomic E-state index is 5.03. The van der Waals surface area contributed by atoms with E-state index in [2.05, 4.69) is 0 Å². The molecule has 0 N–H and O–H groups in total. The molecular weight excluding hydrogens is 361 g/mol. The van der Waals surface area contributed by atoms with Crippen molar-refractivity contribution in [2.24, 2.45) is 0 Å². The van der Waals surface area contributed by atoms with Crippen LogP contribution in [0, 0.1) is 0 Å². The molecule has 0 aromatic rings. The number of halogens is 5. The topological polar surface area (TPSA) is 0 Å². The molecule has 0 aromatic heterocycles. The van der Waals surface area contributed by atoms with Gasteiger partial charge in [-0.3, -0.25) is 0 Å². The second-order valence-electron chi connectivity index (χ2n) is 0.350. The van der Waals surface area contributed by atoms with E-state index in [-0.39, 0.29) is 12.4 Å². The zero-order valence-corrected chi connectivity index (χ0v) is 9.10. The molecule has 0 atom stereocenters. The third kappa shape index (κ3) is 35.4. The quantitative estimate of drug-likeness (QED) is 0.621. The van der Waals surface area contributed by atoms with Crippen molar-refractivity contribution in [3.05, 3.63) is 0 Å². The number of hydrogen-bond donors (Lipinski definition) is 0. The van der Waals surface area contributed by atoms with Gasteiger partial charge in [-0.15, -0.1) is 12.4 Å². The number of rotatable bonds is 0. The summed E-state index contributed by atoms with van der Waals surface area (Å²) in [6.07, 6.45) is 0. The van der Waals surface area contributed by atoms with Crippen LogP contribution in [0.15, 0.2) is 0 Å². The normalized spacial score (nSPS) is 12.7. The second kappa shape index (κ2) is 4.06. The molecule has 0 amide bonds. The van der Waals surface area contributed by atoms with Crippen molar-refractivity contribution in [3.8, 4) is 0 Å². The summed E-state index contributed by atoms with van der Waals surface area (Å²) in [4.78, 5) is 0. The Hall–Kier alpha value is 2.14. The van der Waals surface area contributed by atoms with Crippen molar-refractivity contribution in [1.82, 2.24) is 0 Å². The van der Waals surface area contributed by atoms with Crippen molar-refractivity contribution in [1.29, 1.82) is 0 Å². The molecule has 0 spiro atoms. The predicted octanol–water partition coefficient (Wildman–Crippen LogP) is 3.18. The van der Waals surface area contributed by atoms with Gasteiger partial charge in [-0.25, -0.2) is 0 Å². The first kappa shape index (κ1) is 11.0. The van der Waals surface area contributed by atoms with Gasteiger partial charge in [0.2, 0.25) is 0 Å². The van der Waals surface area contributed by atoms with Crippen LogP contribution in [-0.4, -0.2) is 0 Å². The van der Waals surface area contributed by atoms with Crippen LogP contribution in [0.2, 0.25) is 0 Å². The molecule has 0 heterocycles. The van der Waals surface area contributed by atoms with Crippen LogP contribution < -0.4 is 0 Å². The van der Waals surface area contributed by atoms with E-state index in [1.807, 2.05) is 0 Å². The summed E-state index contributed by atoms with van der Waals surface area (Å²) in [6.45, 7) is 0. The van der Waals surface area contributed by atoms with Gasteiger partial charge >= 0.3 is 49.6 Å². The van der Waals surface area contributed by atoms with Gasteiger partial charge < -0.3 is 0 Å². The van der Waals surface area contributed by atoms with Crippen LogP contribution >= 0.6 is 50.1 Å². The van der Waals surface area contributed by atoms with E-state index >= 15 is 0 Å². The fourth-order valence-electron chi connectivity index (χ4n) is 0. The molecule has 0 rings (SSSR count). The van der Waals surface area contributed by atoms with Gasteiger partial charge in [-0.1, -0.05) is 0 Å². The Morgan fingerprint density at radius 1 is 0.833 bits per heavy atom. The molecule has 0 aliphatic carbocycles. The fourth-order valence-corrected chi connectivity index (χ4v) is 0. The van der Waals surface area contributed by atoms with Crippen LogP contribution in [0.4, 0.5) is 0 Å². The van der Waals surface area contributed by atoms with Crippen LogP contribution in [0.3, 0.4) is 0 Å². The molecule has 0 aliphatic heterocycles. The van der Waals surface area contributed by atoms with Gasteiger partial charge in [0.25, 0.3) is 0 Å². The summed E-state index contributed by atoms with van der Waals surface area (Å²) in [7, 11) is 20.1. The summed E-state index contributed by atoms with van der Waals surface area (Å²) >= 11 is -3.28. The van der Waals surface area contributed by atoms with Gasteiger partial charge in [0, 0.05) is 0 Å². The Labute approximate surface area is 61.4 Å². The van der Waals surface area contributed by atoms with E-state index in [0.29, 0.717) is 0 Å². The first-order valence-electron chi connectivity index (χ1n) is 0.617. The standard InChI is InChI=1S/5ClH.W/h5*1H;/q;;;;;+4/p-4. The van der Waals surface area contributed by atoms with Crippen LogP contribution in [0.25, 0.3) is 0 Å². The Morgan fingerprint density at radius 2 is 0.833 bits per heavy atom. The van der Waals surface area contributed by atoms with Crippen molar-refractivity contribution in [2.75, 3.05) is 0 Å². The zero-order chi connectivity index (χ0) is 4.50. The minimum atomic E-state index is -3.28. The molecule has 0 aromatic carbocycles. The summed E-state index contributed by atoms with van der Waals surface area (Å²) in [6, 6.07) is 0. The maximum absolute atomic E-state index is 5.03. The molecule has 0 fully saturated rings. The van der Waals surface area contributed by atoms with E-state index in [9.17, 15) is 0 Å². The molecular formula is HCl5W. The Bertz CT molecular complexity index is 19.4. The average Bonchev–Trinajstić information content (AvgIpc) is 0.722. The van der Waals surface area contributed by atoms with Gasteiger partial charge in [0.15, 0.2) is 0 Å². The SMILES string of the molecule is Cl.[Cl][W]([Cl])([Cl])[Cl]. The Balaban J connectivity index is 0. The van der Waals surface area contributed by atoms with Gasteiger partial charge in [-0.2, -0.15) is 0 Å². The summed E-state index contributed by atoms with van der Waals surface area (Å²) in [5, 5.41) is 0. The molecule has 6 heavy (non-hydrogen) atoms. The molecule has 0 aliphatic rings. The van der Waals surface area contributed by atoms with Crippen molar-refractivity contribution >= 4 is 50.1 Å². The van der Waals surface area contributed by atoms with Gasteiger partial charge in [0.1, 0.15) is 0 Å². The molecule has 0 bridgehead atoms. The second-order valence-corrected chi connectivity index (χ2v) is 25.8. The van der Waals surface area contributed by atoms with E-state index in [0.717, 1.165) is 0 Å². The fraction of sp³-hybridized carbons (Fsp3) is 0.